The predicted octanol–water partition coefficient (Wildman–Crippen LogP) is 1.47. The van der Waals surface area contributed by atoms with E-state index < -0.39 is 17.5 Å². The van der Waals surface area contributed by atoms with E-state index in [1.165, 1.54) is 0 Å². The third-order valence-corrected chi connectivity index (χ3v) is 5.07. The lowest BCUT2D eigenvalue weighted by molar-refractivity contribution is -0.135. The quantitative estimate of drug-likeness (QED) is 0.728. The zero-order valence-electron chi connectivity index (χ0n) is 14.2. The largest absolute Gasteiger partial charge is 0.325 e. The molecular formula is C16H23N5O3. The average Bonchev–Trinajstić information content (AvgIpc) is 2.96. The summed E-state index contributed by atoms with van der Waals surface area (Å²) in [5, 5.41) is 12.3. The second-order valence-electron chi connectivity index (χ2n) is 6.94. The third-order valence-electron chi connectivity index (χ3n) is 5.07. The fourth-order valence-electron chi connectivity index (χ4n) is 3.47. The highest BCUT2D eigenvalue weighted by molar-refractivity contribution is 6.10. The van der Waals surface area contributed by atoms with Gasteiger partial charge in [-0.2, -0.15) is 5.10 Å². The molecule has 0 aromatic carbocycles. The zero-order valence-corrected chi connectivity index (χ0v) is 14.2. The third kappa shape index (κ3) is 2.76. The number of imide groups is 1. The molecule has 24 heavy (non-hydrogen) atoms. The Kier molecular flexibility index (Phi) is 4.06. The van der Waals surface area contributed by atoms with Crippen LogP contribution in [0, 0.1) is 19.8 Å². The molecule has 1 spiro atoms. The minimum atomic E-state index is -0.814. The van der Waals surface area contributed by atoms with E-state index >= 15 is 0 Å². The number of aryl methyl sites for hydroxylation is 2. The Morgan fingerprint density at radius 3 is 2.58 bits per heavy atom. The number of aromatic amines is 1. The first-order chi connectivity index (χ1) is 11.3. The van der Waals surface area contributed by atoms with Gasteiger partial charge in [-0.15, -0.1) is 0 Å². The second-order valence-corrected chi connectivity index (χ2v) is 6.94. The van der Waals surface area contributed by atoms with E-state index in [9.17, 15) is 14.4 Å². The maximum Gasteiger partial charge on any atom is 0.325 e. The molecular weight excluding hydrogens is 310 g/mol. The van der Waals surface area contributed by atoms with Crippen molar-refractivity contribution in [3.63, 3.8) is 0 Å². The SMILES string of the molecule is Cc1n[nH]c(C)c1NC(=O)CN1C(=O)NC2(CCC(C)CC2)C1=O. The Labute approximate surface area is 140 Å². The number of nitrogens with one attached hydrogen (secondary N) is 3. The Morgan fingerprint density at radius 1 is 1.33 bits per heavy atom. The fraction of sp³-hybridized carbons (Fsp3) is 0.625. The van der Waals surface area contributed by atoms with Gasteiger partial charge in [0.1, 0.15) is 12.1 Å². The van der Waals surface area contributed by atoms with Crippen LogP contribution in [0.25, 0.3) is 0 Å². The molecule has 4 amide bonds. The molecule has 8 nitrogen and oxygen atoms in total. The molecule has 1 aliphatic carbocycles. The predicted molar refractivity (Wildman–Crippen MR) is 87.3 cm³/mol. The van der Waals surface area contributed by atoms with Crippen LogP contribution in [0.2, 0.25) is 0 Å². The highest BCUT2D eigenvalue weighted by Crippen LogP contribution is 2.36. The zero-order chi connectivity index (χ0) is 17.5. The van der Waals surface area contributed by atoms with Crippen LogP contribution in [-0.2, 0) is 9.59 Å². The molecule has 3 rings (SSSR count). The van der Waals surface area contributed by atoms with Gasteiger partial charge >= 0.3 is 6.03 Å². The van der Waals surface area contributed by atoms with Crippen LogP contribution >= 0.6 is 0 Å². The van der Waals surface area contributed by atoms with Crippen molar-refractivity contribution in [1.82, 2.24) is 20.4 Å². The lowest BCUT2D eigenvalue weighted by Crippen LogP contribution is -2.49. The van der Waals surface area contributed by atoms with E-state index in [0.29, 0.717) is 30.1 Å². The summed E-state index contributed by atoms with van der Waals surface area (Å²) in [6.07, 6.45) is 3.08. The topological polar surface area (TPSA) is 107 Å². The molecule has 8 heteroatoms. The molecule has 1 aliphatic heterocycles. The molecule has 0 radical (unpaired) electrons. The van der Waals surface area contributed by atoms with E-state index in [2.05, 4.69) is 27.8 Å². The second kappa shape index (κ2) is 5.92. The van der Waals surface area contributed by atoms with Gasteiger partial charge in [0.05, 0.1) is 17.1 Å². The Morgan fingerprint density at radius 2 is 2.00 bits per heavy atom. The van der Waals surface area contributed by atoms with Crippen molar-refractivity contribution in [1.29, 1.82) is 0 Å². The highest BCUT2D eigenvalue weighted by Gasteiger charge is 2.52. The molecule has 1 aromatic heterocycles. The highest BCUT2D eigenvalue weighted by atomic mass is 16.2. The van der Waals surface area contributed by atoms with Crippen molar-refractivity contribution in [3.05, 3.63) is 11.4 Å². The molecule has 1 aromatic rings. The van der Waals surface area contributed by atoms with Crippen LogP contribution in [0.1, 0.15) is 44.0 Å². The number of aromatic nitrogens is 2. The van der Waals surface area contributed by atoms with Crippen molar-refractivity contribution in [2.24, 2.45) is 5.92 Å². The standard InChI is InChI=1S/C16H23N5O3/c1-9-4-6-16(7-5-9)14(23)21(15(24)18-16)8-12(22)17-13-10(2)19-20-11(13)3/h9H,4-8H2,1-3H3,(H,17,22)(H,18,24)(H,19,20). The molecule has 0 unspecified atom stereocenters. The van der Waals surface area contributed by atoms with Gasteiger partial charge in [0, 0.05) is 0 Å². The van der Waals surface area contributed by atoms with Crippen LogP contribution in [-0.4, -0.2) is 45.0 Å². The van der Waals surface area contributed by atoms with Crippen molar-refractivity contribution >= 4 is 23.5 Å². The van der Waals surface area contributed by atoms with E-state index in [0.717, 1.165) is 23.4 Å². The minimum absolute atomic E-state index is 0.282. The van der Waals surface area contributed by atoms with E-state index in [-0.39, 0.29) is 12.5 Å². The number of hydrogen-bond donors (Lipinski definition) is 3. The van der Waals surface area contributed by atoms with Crippen LogP contribution in [0.4, 0.5) is 10.5 Å². The maximum absolute atomic E-state index is 12.7. The molecule has 1 saturated carbocycles. The Balaban J connectivity index is 1.68. The summed E-state index contributed by atoms with van der Waals surface area (Å²) in [7, 11) is 0. The Bertz CT molecular complexity index is 668. The number of nitrogens with zero attached hydrogens (tertiary/aromatic N) is 2. The summed E-state index contributed by atoms with van der Waals surface area (Å²) in [5.41, 5.74) is 1.17. The number of carbonyl (C=O) groups excluding carboxylic acids is 3. The van der Waals surface area contributed by atoms with E-state index in [4.69, 9.17) is 0 Å². The van der Waals surface area contributed by atoms with Gasteiger partial charge in [-0.05, 0) is 45.4 Å². The van der Waals surface area contributed by atoms with Gasteiger partial charge in [-0.25, -0.2) is 4.79 Å². The lowest BCUT2D eigenvalue weighted by Gasteiger charge is -2.33. The molecule has 2 fully saturated rings. The summed E-state index contributed by atoms with van der Waals surface area (Å²) in [6.45, 7) is 5.42. The lowest BCUT2D eigenvalue weighted by atomic mass is 9.77. The van der Waals surface area contributed by atoms with Crippen LogP contribution in [0.15, 0.2) is 0 Å². The van der Waals surface area contributed by atoms with Crippen molar-refractivity contribution in [3.8, 4) is 0 Å². The summed E-state index contributed by atoms with van der Waals surface area (Å²) < 4.78 is 0. The first kappa shape index (κ1) is 16.5. The fourth-order valence-corrected chi connectivity index (χ4v) is 3.47. The van der Waals surface area contributed by atoms with Crippen LogP contribution in [0.5, 0.6) is 0 Å². The monoisotopic (exact) mass is 333 g/mol. The number of hydrogen-bond acceptors (Lipinski definition) is 4. The molecule has 0 bridgehead atoms. The number of H-pyrrole nitrogens is 1. The summed E-state index contributed by atoms with van der Waals surface area (Å²) in [6, 6.07) is -0.481. The molecule has 130 valence electrons. The van der Waals surface area contributed by atoms with Gasteiger partial charge in [-0.1, -0.05) is 6.92 Å². The number of carbonyl (C=O) groups is 3. The molecule has 3 N–H and O–H groups in total. The van der Waals surface area contributed by atoms with Gasteiger partial charge in [-0.3, -0.25) is 19.6 Å². The summed E-state index contributed by atoms with van der Waals surface area (Å²) in [4.78, 5) is 38.2. The van der Waals surface area contributed by atoms with Crippen molar-refractivity contribution in [2.75, 3.05) is 11.9 Å². The van der Waals surface area contributed by atoms with Crippen LogP contribution < -0.4 is 10.6 Å². The maximum atomic E-state index is 12.7. The number of urea groups is 1. The Hall–Kier alpha value is -2.38. The molecule has 1 saturated heterocycles. The van der Waals surface area contributed by atoms with Crippen molar-refractivity contribution in [2.45, 2.75) is 52.0 Å². The number of anilines is 1. The minimum Gasteiger partial charge on any atom is -0.323 e. The van der Waals surface area contributed by atoms with E-state index in [1.807, 2.05) is 0 Å². The van der Waals surface area contributed by atoms with Gasteiger partial charge < -0.3 is 10.6 Å². The summed E-state index contributed by atoms with van der Waals surface area (Å²) in [5.74, 6) is -0.132. The smallest absolute Gasteiger partial charge is 0.323 e. The van der Waals surface area contributed by atoms with E-state index in [1.54, 1.807) is 13.8 Å². The summed E-state index contributed by atoms with van der Waals surface area (Å²) >= 11 is 0. The first-order valence-corrected chi connectivity index (χ1v) is 8.28. The number of amides is 4. The van der Waals surface area contributed by atoms with Crippen molar-refractivity contribution < 1.29 is 14.4 Å². The molecule has 2 aliphatic rings. The molecule has 0 atom stereocenters. The number of rotatable bonds is 3. The van der Waals surface area contributed by atoms with Crippen LogP contribution in [0.3, 0.4) is 0 Å². The first-order valence-electron chi connectivity index (χ1n) is 8.28. The average molecular weight is 333 g/mol. The molecule has 2 heterocycles. The van der Waals surface area contributed by atoms with Gasteiger partial charge in [0.25, 0.3) is 5.91 Å². The van der Waals surface area contributed by atoms with Gasteiger partial charge in [0.15, 0.2) is 0 Å². The normalized spacial score (nSPS) is 26.8. The van der Waals surface area contributed by atoms with Gasteiger partial charge in [0.2, 0.25) is 5.91 Å².